The molecule has 0 saturated heterocycles. The first-order chi connectivity index (χ1) is 11.2. The molecule has 0 saturated carbocycles. The van der Waals surface area contributed by atoms with Gasteiger partial charge < -0.3 is 10.6 Å². The first-order valence-corrected chi connectivity index (χ1v) is 6.87. The summed E-state index contributed by atoms with van der Waals surface area (Å²) in [7, 11) is 1.44. The highest BCUT2D eigenvalue weighted by Gasteiger charge is 2.30. The molecular formula is C13H11ClF3N5O2. The molecular weight excluding hydrogens is 351 g/mol. The lowest BCUT2D eigenvalue weighted by Crippen LogP contribution is -2.28. The van der Waals surface area contributed by atoms with E-state index in [1.54, 1.807) is 0 Å². The highest BCUT2D eigenvalue weighted by molar-refractivity contribution is 6.33. The molecule has 0 bridgehead atoms. The van der Waals surface area contributed by atoms with Gasteiger partial charge in [-0.15, -0.1) is 0 Å². The number of likely N-dealkylation sites (N-methyl/N-ethyl adjacent to an activating group) is 1. The van der Waals surface area contributed by atoms with Crippen LogP contribution in [0.15, 0.2) is 29.3 Å². The van der Waals surface area contributed by atoms with Gasteiger partial charge in [-0.1, -0.05) is 11.6 Å². The van der Waals surface area contributed by atoms with E-state index in [4.69, 9.17) is 11.6 Å². The Kier molecular flexibility index (Phi) is 5.07. The summed E-state index contributed by atoms with van der Waals surface area (Å²) in [5.74, 6) is -0.451. The Morgan fingerprint density at radius 2 is 2.04 bits per heavy atom. The average Bonchev–Trinajstić information content (AvgIpc) is 2.55. The van der Waals surface area contributed by atoms with Gasteiger partial charge in [0.2, 0.25) is 5.91 Å². The van der Waals surface area contributed by atoms with Crippen LogP contribution < -0.4 is 16.2 Å². The van der Waals surface area contributed by atoms with Gasteiger partial charge >= 0.3 is 6.18 Å². The van der Waals surface area contributed by atoms with Crippen molar-refractivity contribution in [3.8, 4) is 5.82 Å². The fourth-order valence-electron chi connectivity index (χ4n) is 1.66. The van der Waals surface area contributed by atoms with Crippen LogP contribution >= 0.6 is 11.6 Å². The van der Waals surface area contributed by atoms with Gasteiger partial charge in [0.05, 0.1) is 24.0 Å². The number of alkyl halides is 3. The van der Waals surface area contributed by atoms with Crippen LogP contribution in [0.3, 0.4) is 0 Å². The molecule has 0 aliphatic rings. The second-order valence-corrected chi connectivity index (χ2v) is 4.90. The number of nitrogens with one attached hydrogen (secondary N) is 2. The largest absolute Gasteiger partial charge is 0.417 e. The van der Waals surface area contributed by atoms with Crippen molar-refractivity contribution >= 4 is 23.2 Å². The molecule has 0 aliphatic carbocycles. The van der Waals surface area contributed by atoms with Gasteiger partial charge in [0, 0.05) is 13.2 Å². The van der Waals surface area contributed by atoms with E-state index in [1.807, 2.05) is 0 Å². The summed E-state index contributed by atoms with van der Waals surface area (Å²) in [6.07, 6.45) is -2.77. The number of rotatable bonds is 4. The molecule has 1 amide bonds. The van der Waals surface area contributed by atoms with Gasteiger partial charge in [-0.2, -0.15) is 23.0 Å². The molecule has 0 radical (unpaired) electrons. The zero-order valence-corrected chi connectivity index (χ0v) is 12.9. The summed E-state index contributed by atoms with van der Waals surface area (Å²) in [6, 6.07) is 1.79. The number of carbonyl (C=O) groups excluding carboxylic acids is 1. The van der Waals surface area contributed by atoms with E-state index in [1.165, 1.54) is 13.2 Å². The Hall–Kier alpha value is -2.62. The zero-order valence-electron chi connectivity index (χ0n) is 12.2. The summed E-state index contributed by atoms with van der Waals surface area (Å²) in [5.41, 5.74) is -1.62. The molecule has 2 N–H and O–H groups in total. The minimum atomic E-state index is -4.53. The van der Waals surface area contributed by atoms with Crippen LogP contribution in [-0.4, -0.2) is 34.3 Å². The lowest BCUT2D eigenvalue weighted by molar-refractivity contribution is -0.137. The van der Waals surface area contributed by atoms with E-state index >= 15 is 0 Å². The van der Waals surface area contributed by atoms with Gasteiger partial charge in [0.1, 0.15) is 5.02 Å². The maximum absolute atomic E-state index is 12.5. The first kappa shape index (κ1) is 17.7. The van der Waals surface area contributed by atoms with Gasteiger partial charge in [-0.25, -0.2) is 4.98 Å². The van der Waals surface area contributed by atoms with E-state index in [2.05, 4.69) is 20.7 Å². The van der Waals surface area contributed by atoms with Crippen molar-refractivity contribution in [2.75, 3.05) is 18.9 Å². The van der Waals surface area contributed by atoms with E-state index in [-0.39, 0.29) is 29.0 Å². The molecule has 2 aromatic rings. The number of carbonyl (C=O) groups is 1. The van der Waals surface area contributed by atoms with Crippen LogP contribution in [0.1, 0.15) is 5.56 Å². The van der Waals surface area contributed by atoms with Crippen molar-refractivity contribution in [3.05, 3.63) is 45.5 Å². The SMILES string of the molecule is CNC(=O)CNc1cnn(-c2ccc(C(F)(F)F)cn2)c(=O)c1Cl. The third kappa shape index (κ3) is 3.82. The monoisotopic (exact) mass is 361 g/mol. The molecule has 2 heterocycles. The number of pyridine rings is 1. The Bertz CT molecular complexity index is 805. The van der Waals surface area contributed by atoms with Gasteiger partial charge in [-0.3, -0.25) is 9.59 Å². The number of hydrogen-bond acceptors (Lipinski definition) is 5. The van der Waals surface area contributed by atoms with E-state index in [0.29, 0.717) is 6.20 Å². The van der Waals surface area contributed by atoms with Gasteiger partial charge in [-0.05, 0) is 12.1 Å². The molecule has 0 aliphatic heterocycles. The standard InChI is InChI=1S/C13H11ClF3N5O2/c1-18-10(23)6-19-8-5-21-22(12(24)11(8)14)9-3-2-7(4-20-9)13(15,16)17/h2-5,19H,6H2,1H3,(H,18,23). The maximum atomic E-state index is 12.5. The average molecular weight is 362 g/mol. The van der Waals surface area contributed by atoms with Crippen molar-refractivity contribution in [1.29, 1.82) is 0 Å². The van der Waals surface area contributed by atoms with Gasteiger partial charge in [0.25, 0.3) is 5.56 Å². The fourth-order valence-corrected chi connectivity index (χ4v) is 1.86. The van der Waals surface area contributed by atoms with Crippen LogP contribution in [0.5, 0.6) is 0 Å². The second-order valence-electron chi connectivity index (χ2n) is 4.52. The predicted octanol–water partition coefficient (Wildman–Crippen LogP) is 1.46. The van der Waals surface area contributed by atoms with Crippen LogP contribution in [0.25, 0.3) is 5.82 Å². The highest BCUT2D eigenvalue weighted by atomic mass is 35.5. The summed E-state index contributed by atoms with van der Waals surface area (Å²) >= 11 is 5.90. The third-order valence-electron chi connectivity index (χ3n) is 2.93. The van der Waals surface area contributed by atoms with Crippen molar-refractivity contribution in [2.24, 2.45) is 0 Å². The van der Waals surface area contributed by atoms with Crippen LogP contribution in [-0.2, 0) is 11.0 Å². The summed E-state index contributed by atoms with van der Waals surface area (Å²) in [4.78, 5) is 26.9. The number of hydrogen-bond donors (Lipinski definition) is 2. The topological polar surface area (TPSA) is 88.9 Å². The lowest BCUT2D eigenvalue weighted by atomic mass is 10.3. The first-order valence-electron chi connectivity index (χ1n) is 6.50. The van der Waals surface area contributed by atoms with Crippen molar-refractivity contribution in [3.63, 3.8) is 0 Å². The Balaban J connectivity index is 2.31. The summed E-state index contributed by atoms with van der Waals surface area (Å²) in [6.45, 7) is -0.125. The number of anilines is 1. The number of aromatic nitrogens is 3. The summed E-state index contributed by atoms with van der Waals surface area (Å²) in [5, 5.41) is 8.52. The van der Waals surface area contributed by atoms with E-state index in [9.17, 15) is 22.8 Å². The molecule has 0 spiro atoms. The molecule has 0 aromatic carbocycles. The van der Waals surface area contributed by atoms with Crippen LogP contribution in [0.4, 0.5) is 18.9 Å². The number of amides is 1. The zero-order chi connectivity index (χ0) is 17.9. The summed E-state index contributed by atoms with van der Waals surface area (Å²) < 4.78 is 38.3. The molecule has 2 aromatic heterocycles. The third-order valence-corrected chi connectivity index (χ3v) is 3.29. The van der Waals surface area contributed by atoms with Gasteiger partial charge in [0.15, 0.2) is 5.82 Å². The Labute approximate surface area is 138 Å². The molecule has 128 valence electrons. The van der Waals surface area contributed by atoms with Crippen LogP contribution in [0.2, 0.25) is 5.02 Å². The van der Waals surface area contributed by atoms with Crippen molar-refractivity contribution in [1.82, 2.24) is 20.1 Å². The molecule has 7 nitrogen and oxygen atoms in total. The molecule has 2 rings (SSSR count). The van der Waals surface area contributed by atoms with Crippen LogP contribution in [0, 0.1) is 0 Å². The Morgan fingerprint density at radius 3 is 2.58 bits per heavy atom. The molecule has 0 atom stereocenters. The molecule has 24 heavy (non-hydrogen) atoms. The predicted molar refractivity (Wildman–Crippen MR) is 80.2 cm³/mol. The van der Waals surface area contributed by atoms with Crippen molar-refractivity contribution < 1.29 is 18.0 Å². The molecule has 0 unspecified atom stereocenters. The highest BCUT2D eigenvalue weighted by Crippen LogP contribution is 2.28. The molecule has 11 heteroatoms. The van der Waals surface area contributed by atoms with E-state index < -0.39 is 17.3 Å². The normalized spacial score (nSPS) is 11.2. The smallest absolute Gasteiger partial charge is 0.373 e. The minimum Gasteiger partial charge on any atom is -0.373 e. The number of nitrogens with zero attached hydrogens (tertiary/aromatic N) is 3. The fraction of sp³-hybridized carbons (Fsp3) is 0.231. The lowest BCUT2D eigenvalue weighted by Gasteiger charge is -2.10. The van der Waals surface area contributed by atoms with E-state index in [0.717, 1.165) is 16.8 Å². The quantitative estimate of drug-likeness (QED) is 0.860. The maximum Gasteiger partial charge on any atom is 0.417 e. The molecule has 0 fully saturated rings. The minimum absolute atomic E-state index is 0.118. The number of halogens is 4. The Morgan fingerprint density at radius 1 is 1.33 bits per heavy atom. The van der Waals surface area contributed by atoms with Crippen molar-refractivity contribution in [2.45, 2.75) is 6.18 Å². The second kappa shape index (κ2) is 6.87.